The van der Waals surface area contributed by atoms with Crippen molar-refractivity contribution < 1.29 is 28.3 Å². The van der Waals surface area contributed by atoms with Crippen LogP contribution in [0.2, 0.25) is 0 Å². The molecule has 1 aromatic heterocycles. The van der Waals surface area contributed by atoms with Gasteiger partial charge in [0.2, 0.25) is 5.12 Å². The van der Waals surface area contributed by atoms with E-state index in [1.54, 1.807) is 48.5 Å². The Kier molecular flexibility index (Phi) is 8.98. The van der Waals surface area contributed by atoms with Gasteiger partial charge in [-0.15, -0.1) is 11.3 Å². The van der Waals surface area contributed by atoms with Crippen LogP contribution in [0.25, 0.3) is 0 Å². The molecular weight excluding hydrogens is 627 g/mol. The van der Waals surface area contributed by atoms with Gasteiger partial charge in [-0.3, -0.25) is 24.2 Å². The first-order chi connectivity index (χ1) is 22.3. The van der Waals surface area contributed by atoms with Crippen molar-refractivity contribution in [3.05, 3.63) is 99.4 Å². The summed E-state index contributed by atoms with van der Waals surface area (Å²) >= 11 is 2.77. The largest absolute Gasteiger partial charge is 0.499 e. The van der Waals surface area contributed by atoms with Gasteiger partial charge in [0.25, 0.3) is 0 Å². The summed E-state index contributed by atoms with van der Waals surface area (Å²) in [6.07, 6.45) is 6.99. The first-order valence-electron chi connectivity index (χ1n) is 16.0. The Hall–Kier alpha value is -3.18. The molecule has 2 saturated carbocycles. The maximum atomic E-state index is 14.3. The molecule has 0 amide bonds. The van der Waals surface area contributed by atoms with E-state index in [2.05, 4.69) is 9.80 Å². The van der Waals surface area contributed by atoms with Gasteiger partial charge in [0, 0.05) is 59.3 Å². The van der Waals surface area contributed by atoms with Crippen molar-refractivity contribution in [2.75, 3.05) is 19.6 Å². The molecule has 3 unspecified atom stereocenters. The van der Waals surface area contributed by atoms with Crippen molar-refractivity contribution in [2.45, 2.75) is 62.4 Å². The Morgan fingerprint density at radius 2 is 1.37 bits per heavy atom. The van der Waals surface area contributed by atoms with Crippen molar-refractivity contribution in [1.29, 1.82) is 0 Å². The van der Waals surface area contributed by atoms with Crippen molar-refractivity contribution in [1.82, 2.24) is 9.80 Å². The predicted octanol–water partition coefficient (Wildman–Crippen LogP) is 6.79. The third-order valence-corrected chi connectivity index (χ3v) is 11.8. The van der Waals surface area contributed by atoms with Crippen LogP contribution in [0.15, 0.2) is 66.2 Å². The van der Waals surface area contributed by atoms with Crippen LogP contribution in [0.1, 0.15) is 65.8 Å². The number of carbonyl (C=O) groups excluding carboxylic acids is 3. The molecule has 240 valence electrons. The van der Waals surface area contributed by atoms with Gasteiger partial charge < -0.3 is 5.11 Å². The quantitative estimate of drug-likeness (QED) is 0.285. The number of thiophene rings is 1. The molecular formula is C36H36F2N2O4S2. The fraction of sp³-hybridized carbons (Fsp3) is 0.417. The molecule has 2 aromatic carbocycles. The highest BCUT2D eigenvalue weighted by Crippen LogP contribution is 2.43. The van der Waals surface area contributed by atoms with Gasteiger partial charge in [0.15, 0.2) is 16.6 Å². The van der Waals surface area contributed by atoms with E-state index < -0.39 is 12.1 Å². The monoisotopic (exact) mass is 662 g/mol. The number of hydrogen-bond acceptors (Lipinski definition) is 8. The fourth-order valence-electron chi connectivity index (χ4n) is 6.90. The lowest BCUT2D eigenvalue weighted by atomic mass is 9.94. The Labute approximate surface area is 275 Å². The minimum atomic E-state index is -0.522. The van der Waals surface area contributed by atoms with Crippen LogP contribution in [0, 0.1) is 23.5 Å². The molecule has 5 aliphatic rings. The van der Waals surface area contributed by atoms with Crippen molar-refractivity contribution in [2.24, 2.45) is 11.8 Å². The summed E-state index contributed by atoms with van der Waals surface area (Å²) < 4.78 is 28.6. The number of carbonyl (C=O) groups is 3. The summed E-state index contributed by atoms with van der Waals surface area (Å²) in [5, 5.41) is 10.3. The number of halogens is 2. The molecule has 3 aliphatic heterocycles. The topological polar surface area (TPSA) is 77.9 Å². The van der Waals surface area contributed by atoms with Crippen LogP contribution >= 0.6 is 23.1 Å². The molecule has 10 heteroatoms. The second-order valence-electron chi connectivity index (χ2n) is 12.9. The van der Waals surface area contributed by atoms with E-state index in [1.807, 2.05) is 0 Å². The minimum absolute atomic E-state index is 0.0749. The molecule has 0 bridgehead atoms. The number of benzene rings is 2. The molecule has 1 saturated heterocycles. The molecule has 4 heterocycles. The smallest absolute Gasteiger partial charge is 0.212 e. The van der Waals surface area contributed by atoms with E-state index in [9.17, 15) is 28.3 Å². The summed E-state index contributed by atoms with van der Waals surface area (Å²) in [6, 6.07) is 13.9. The van der Waals surface area contributed by atoms with Gasteiger partial charge in [-0.2, -0.15) is 0 Å². The Morgan fingerprint density at radius 3 is 1.93 bits per heavy atom. The van der Waals surface area contributed by atoms with Gasteiger partial charge in [-0.1, -0.05) is 48.2 Å². The average molecular weight is 663 g/mol. The predicted molar refractivity (Wildman–Crippen MR) is 175 cm³/mol. The number of thioether (sulfide) groups is 1. The van der Waals surface area contributed by atoms with E-state index >= 15 is 0 Å². The standard InChI is InChI=1S/2C18H18FNO2S/c2*19-14-4-2-1-3-13(14)17(18(22)11-5-6-11)20-8-7-15-12(10-20)9-16(21)23-15/h1-4,9,11,17,21H,5-8,10H2;1-4,9,11,15,17H,5-8,10H2. The number of hydrogen-bond donors (Lipinski definition) is 1. The average Bonchev–Trinajstić information content (AvgIpc) is 3.97. The molecule has 2 aliphatic carbocycles. The lowest BCUT2D eigenvalue weighted by Crippen LogP contribution is -2.42. The number of nitrogens with zero attached hydrogens (tertiary/aromatic N) is 2. The lowest BCUT2D eigenvalue weighted by Gasteiger charge is -2.37. The van der Waals surface area contributed by atoms with Crippen LogP contribution in [0.5, 0.6) is 5.06 Å². The lowest BCUT2D eigenvalue weighted by molar-refractivity contribution is -0.127. The van der Waals surface area contributed by atoms with E-state index in [4.69, 9.17) is 0 Å². The second kappa shape index (κ2) is 13.1. The van der Waals surface area contributed by atoms with Crippen LogP contribution < -0.4 is 0 Å². The highest BCUT2D eigenvalue weighted by molar-refractivity contribution is 8.15. The van der Waals surface area contributed by atoms with Gasteiger partial charge in [0.05, 0.1) is 12.1 Å². The van der Waals surface area contributed by atoms with Gasteiger partial charge >= 0.3 is 0 Å². The number of likely N-dealkylation sites (tertiary alicyclic amines) is 1. The summed E-state index contributed by atoms with van der Waals surface area (Å²) in [4.78, 5) is 42.5. The van der Waals surface area contributed by atoms with Gasteiger partial charge in [-0.05, 0) is 73.9 Å². The fourth-order valence-corrected chi connectivity index (χ4v) is 8.82. The maximum Gasteiger partial charge on any atom is 0.212 e. The number of piperidine rings is 1. The highest BCUT2D eigenvalue weighted by Gasteiger charge is 2.43. The maximum absolute atomic E-state index is 14.3. The van der Waals surface area contributed by atoms with Gasteiger partial charge in [-0.25, -0.2) is 8.78 Å². The molecule has 1 N–H and O–H groups in total. The molecule has 3 aromatic rings. The molecule has 6 nitrogen and oxygen atoms in total. The molecule has 0 radical (unpaired) electrons. The molecule has 3 atom stereocenters. The second-order valence-corrected chi connectivity index (χ2v) is 15.2. The minimum Gasteiger partial charge on any atom is -0.499 e. The number of rotatable bonds is 8. The van der Waals surface area contributed by atoms with Crippen molar-refractivity contribution in [3.63, 3.8) is 0 Å². The van der Waals surface area contributed by atoms with Crippen molar-refractivity contribution in [3.8, 4) is 5.06 Å². The number of fused-ring (bicyclic) bond motifs is 2. The highest BCUT2D eigenvalue weighted by atomic mass is 32.2. The molecule has 46 heavy (non-hydrogen) atoms. The zero-order valence-electron chi connectivity index (χ0n) is 25.4. The molecule has 0 spiro atoms. The normalized spacial score (nSPS) is 22.6. The van der Waals surface area contributed by atoms with Gasteiger partial charge in [0.1, 0.15) is 11.6 Å². The Balaban J connectivity index is 0.000000147. The number of ketones is 2. The first-order valence-corrected chi connectivity index (χ1v) is 17.7. The summed E-state index contributed by atoms with van der Waals surface area (Å²) in [5.74, 6) is -0.211. The third kappa shape index (κ3) is 6.63. The zero-order valence-corrected chi connectivity index (χ0v) is 27.0. The van der Waals surface area contributed by atoms with Crippen LogP contribution in [-0.4, -0.2) is 56.5 Å². The summed E-state index contributed by atoms with van der Waals surface area (Å²) in [7, 11) is 0. The van der Waals surface area contributed by atoms with Crippen molar-refractivity contribution >= 4 is 39.8 Å². The zero-order chi connectivity index (χ0) is 31.9. The Morgan fingerprint density at radius 1 is 0.804 bits per heavy atom. The molecule has 3 fully saturated rings. The van der Waals surface area contributed by atoms with E-state index in [0.717, 1.165) is 56.2 Å². The van der Waals surface area contributed by atoms with Crippen LogP contribution in [-0.2, 0) is 27.3 Å². The SMILES string of the molecule is O=C(C1CC1)C(c1ccccc1F)N1CCc2sc(O)cc2C1.O=C1C=C2CN(C(C(=O)C3CC3)c3ccccc3F)CCC2S1. The van der Waals surface area contributed by atoms with E-state index in [1.165, 1.54) is 40.1 Å². The summed E-state index contributed by atoms with van der Waals surface area (Å²) in [5.41, 5.74) is 3.09. The summed E-state index contributed by atoms with van der Waals surface area (Å²) in [6.45, 7) is 2.61. The third-order valence-electron chi connectivity index (χ3n) is 9.55. The van der Waals surface area contributed by atoms with E-state index in [-0.39, 0.29) is 45.4 Å². The molecule has 8 rings (SSSR count). The first kappa shape index (κ1) is 31.4. The number of aromatic hydroxyl groups is 1. The van der Waals surface area contributed by atoms with E-state index in [0.29, 0.717) is 35.8 Å². The number of Topliss-reactive ketones (excluding diaryl/α,β-unsaturated/α-hetero) is 2. The van der Waals surface area contributed by atoms with Crippen LogP contribution in [0.4, 0.5) is 8.78 Å². The Bertz CT molecular complexity index is 1700. The van der Waals surface area contributed by atoms with Crippen LogP contribution in [0.3, 0.4) is 0 Å².